The molecule has 3 rings (SSSR count). The first-order valence-corrected chi connectivity index (χ1v) is 10.1. The summed E-state index contributed by atoms with van der Waals surface area (Å²) in [6.07, 6.45) is 3.82. The van der Waals surface area contributed by atoms with Gasteiger partial charge in [0.1, 0.15) is 6.04 Å². The standard InChI is InChI=1S/C23H29N3O2/c1-3-7-21(25-22(27)18-12-10-17(2)11-13-18)23(28)24-19-8-6-9-20(16-19)26-14-4-5-15-26/h6,8-13,16,21H,3-5,7,14-15H2,1-2H3,(H,24,28)(H,25,27)/t21-/m1/s1. The van der Waals surface area contributed by atoms with Crippen molar-refractivity contribution >= 4 is 23.2 Å². The average molecular weight is 380 g/mol. The number of nitrogens with one attached hydrogen (secondary N) is 2. The molecule has 1 saturated heterocycles. The van der Waals surface area contributed by atoms with E-state index < -0.39 is 6.04 Å². The van der Waals surface area contributed by atoms with Crippen LogP contribution in [0.2, 0.25) is 0 Å². The summed E-state index contributed by atoms with van der Waals surface area (Å²) in [6.45, 7) is 6.10. The Morgan fingerprint density at radius 3 is 2.46 bits per heavy atom. The van der Waals surface area contributed by atoms with Gasteiger partial charge in [0.15, 0.2) is 0 Å². The number of carbonyl (C=O) groups excluding carboxylic acids is 2. The third kappa shape index (κ3) is 5.12. The molecule has 5 nitrogen and oxygen atoms in total. The van der Waals surface area contributed by atoms with E-state index >= 15 is 0 Å². The molecule has 0 aromatic heterocycles. The third-order valence-electron chi connectivity index (χ3n) is 5.10. The van der Waals surface area contributed by atoms with Gasteiger partial charge >= 0.3 is 0 Å². The zero-order valence-electron chi connectivity index (χ0n) is 16.7. The van der Waals surface area contributed by atoms with E-state index in [4.69, 9.17) is 0 Å². The first-order chi connectivity index (χ1) is 13.6. The Labute approximate surface area is 167 Å². The quantitative estimate of drug-likeness (QED) is 0.760. The van der Waals surface area contributed by atoms with Crippen molar-refractivity contribution in [3.63, 3.8) is 0 Å². The summed E-state index contributed by atoms with van der Waals surface area (Å²) < 4.78 is 0. The van der Waals surface area contributed by atoms with Gasteiger partial charge in [-0.1, -0.05) is 37.1 Å². The molecule has 1 heterocycles. The molecule has 1 fully saturated rings. The lowest BCUT2D eigenvalue weighted by Gasteiger charge is -2.20. The van der Waals surface area contributed by atoms with Crippen molar-refractivity contribution in [3.8, 4) is 0 Å². The highest BCUT2D eigenvalue weighted by Gasteiger charge is 2.21. The molecular weight excluding hydrogens is 350 g/mol. The Kier molecular flexibility index (Phi) is 6.69. The van der Waals surface area contributed by atoms with Crippen LogP contribution in [0.15, 0.2) is 48.5 Å². The van der Waals surface area contributed by atoms with Crippen molar-refractivity contribution in [2.75, 3.05) is 23.3 Å². The molecule has 2 amide bonds. The van der Waals surface area contributed by atoms with Crippen LogP contribution in [-0.4, -0.2) is 30.9 Å². The summed E-state index contributed by atoms with van der Waals surface area (Å²) in [7, 11) is 0. The molecule has 0 bridgehead atoms. The number of hydrogen-bond donors (Lipinski definition) is 2. The number of aryl methyl sites for hydroxylation is 1. The molecule has 1 aliphatic rings. The average Bonchev–Trinajstić information content (AvgIpc) is 3.23. The molecule has 0 aliphatic carbocycles. The fourth-order valence-electron chi connectivity index (χ4n) is 3.49. The van der Waals surface area contributed by atoms with E-state index in [1.54, 1.807) is 12.1 Å². The van der Waals surface area contributed by atoms with Gasteiger partial charge in [0, 0.05) is 30.0 Å². The molecule has 0 saturated carbocycles. The fraction of sp³-hybridized carbons (Fsp3) is 0.391. The monoisotopic (exact) mass is 379 g/mol. The van der Waals surface area contributed by atoms with Crippen molar-refractivity contribution in [2.24, 2.45) is 0 Å². The molecule has 1 atom stereocenters. The fourth-order valence-corrected chi connectivity index (χ4v) is 3.49. The van der Waals surface area contributed by atoms with Gasteiger partial charge in [0.25, 0.3) is 5.91 Å². The van der Waals surface area contributed by atoms with E-state index in [9.17, 15) is 9.59 Å². The lowest BCUT2D eigenvalue weighted by molar-refractivity contribution is -0.118. The Hall–Kier alpha value is -2.82. The predicted molar refractivity (Wildman–Crippen MR) is 114 cm³/mol. The molecule has 28 heavy (non-hydrogen) atoms. The largest absolute Gasteiger partial charge is 0.371 e. The summed E-state index contributed by atoms with van der Waals surface area (Å²) in [4.78, 5) is 27.7. The Bertz CT molecular complexity index is 811. The highest BCUT2D eigenvalue weighted by Crippen LogP contribution is 2.23. The van der Waals surface area contributed by atoms with E-state index in [-0.39, 0.29) is 11.8 Å². The van der Waals surface area contributed by atoms with Gasteiger partial charge in [-0.2, -0.15) is 0 Å². The maximum Gasteiger partial charge on any atom is 0.251 e. The summed E-state index contributed by atoms with van der Waals surface area (Å²) in [5.74, 6) is -0.402. The number of anilines is 2. The van der Waals surface area contributed by atoms with Gasteiger partial charge in [-0.05, 0) is 56.5 Å². The Morgan fingerprint density at radius 1 is 1.07 bits per heavy atom. The van der Waals surface area contributed by atoms with Gasteiger partial charge < -0.3 is 15.5 Å². The molecule has 0 spiro atoms. The topological polar surface area (TPSA) is 61.4 Å². The van der Waals surface area contributed by atoms with Crippen LogP contribution in [0, 0.1) is 6.92 Å². The highest BCUT2D eigenvalue weighted by atomic mass is 16.2. The van der Waals surface area contributed by atoms with Gasteiger partial charge in [0.2, 0.25) is 5.91 Å². The van der Waals surface area contributed by atoms with Crippen molar-refractivity contribution < 1.29 is 9.59 Å². The van der Waals surface area contributed by atoms with Crippen molar-refractivity contribution in [1.82, 2.24) is 5.32 Å². The molecule has 0 unspecified atom stereocenters. The SMILES string of the molecule is CCC[C@@H](NC(=O)c1ccc(C)cc1)C(=O)Nc1cccc(N2CCCC2)c1. The maximum absolute atomic E-state index is 12.8. The molecule has 0 radical (unpaired) electrons. The molecule has 148 valence electrons. The number of amides is 2. The van der Waals surface area contributed by atoms with Crippen LogP contribution < -0.4 is 15.5 Å². The first-order valence-electron chi connectivity index (χ1n) is 10.1. The van der Waals surface area contributed by atoms with Crippen LogP contribution in [0.4, 0.5) is 11.4 Å². The minimum Gasteiger partial charge on any atom is -0.371 e. The summed E-state index contributed by atoms with van der Waals surface area (Å²) in [6, 6.07) is 14.7. The van der Waals surface area contributed by atoms with Gasteiger partial charge in [-0.3, -0.25) is 9.59 Å². The highest BCUT2D eigenvalue weighted by molar-refractivity contribution is 6.01. The number of carbonyl (C=O) groups is 2. The van der Waals surface area contributed by atoms with Crippen molar-refractivity contribution in [1.29, 1.82) is 0 Å². The predicted octanol–water partition coefficient (Wildman–Crippen LogP) is 4.13. The number of rotatable bonds is 7. The van der Waals surface area contributed by atoms with E-state index in [1.165, 1.54) is 12.8 Å². The van der Waals surface area contributed by atoms with E-state index in [0.29, 0.717) is 12.0 Å². The van der Waals surface area contributed by atoms with Crippen LogP contribution >= 0.6 is 0 Å². The van der Waals surface area contributed by atoms with Crippen LogP contribution in [0.1, 0.15) is 48.5 Å². The smallest absolute Gasteiger partial charge is 0.251 e. The molecule has 2 aromatic carbocycles. The Morgan fingerprint density at radius 2 is 1.79 bits per heavy atom. The first kappa shape index (κ1) is 19.9. The van der Waals surface area contributed by atoms with Crippen LogP contribution in [-0.2, 0) is 4.79 Å². The van der Waals surface area contributed by atoms with E-state index in [0.717, 1.165) is 36.4 Å². The number of hydrogen-bond acceptors (Lipinski definition) is 3. The van der Waals surface area contributed by atoms with Crippen LogP contribution in [0.25, 0.3) is 0 Å². The summed E-state index contributed by atoms with van der Waals surface area (Å²) in [5.41, 5.74) is 3.55. The molecular formula is C23H29N3O2. The minimum absolute atomic E-state index is 0.180. The molecule has 2 aromatic rings. The van der Waals surface area contributed by atoms with Crippen LogP contribution in [0.3, 0.4) is 0 Å². The van der Waals surface area contributed by atoms with Crippen molar-refractivity contribution in [2.45, 2.75) is 45.6 Å². The maximum atomic E-state index is 12.8. The molecule has 1 aliphatic heterocycles. The molecule has 5 heteroatoms. The van der Waals surface area contributed by atoms with Gasteiger partial charge in [-0.15, -0.1) is 0 Å². The summed E-state index contributed by atoms with van der Waals surface area (Å²) in [5, 5.41) is 5.86. The zero-order valence-corrected chi connectivity index (χ0v) is 16.7. The normalized spacial score (nSPS) is 14.6. The zero-order chi connectivity index (χ0) is 19.9. The second-order valence-electron chi connectivity index (χ2n) is 7.41. The minimum atomic E-state index is -0.561. The molecule has 2 N–H and O–H groups in total. The van der Waals surface area contributed by atoms with E-state index in [2.05, 4.69) is 21.6 Å². The van der Waals surface area contributed by atoms with E-state index in [1.807, 2.05) is 44.2 Å². The second kappa shape index (κ2) is 9.40. The summed E-state index contributed by atoms with van der Waals surface area (Å²) >= 11 is 0. The third-order valence-corrected chi connectivity index (χ3v) is 5.10. The lowest BCUT2D eigenvalue weighted by Crippen LogP contribution is -2.43. The number of nitrogens with zero attached hydrogens (tertiary/aromatic N) is 1. The lowest BCUT2D eigenvalue weighted by atomic mass is 10.1. The van der Waals surface area contributed by atoms with Gasteiger partial charge in [0.05, 0.1) is 0 Å². The van der Waals surface area contributed by atoms with Crippen LogP contribution in [0.5, 0.6) is 0 Å². The van der Waals surface area contributed by atoms with Gasteiger partial charge in [-0.25, -0.2) is 0 Å². The van der Waals surface area contributed by atoms with Crippen molar-refractivity contribution in [3.05, 3.63) is 59.7 Å². The second-order valence-corrected chi connectivity index (χ2v) is 7.41. The number of benzene rings is 2. The Balaban J connectivity index is 1.66.